The lowest BCUT2D eigenvalue weighted by Crippen LogP contribution is -2.23. The largest absolute Gasteiger partial charge is 0.495 e. The van der Waals surface area contributed by atoms with Crippen LogP contribution in [0, 0.1) is 13.8 Å². The Morgan fingerprint density at radius 3 is 2.57 bits per heavy atom. The lowest BCUT2D eigenvalue weighted by Gasteiger charge is -2.12. The van der Waals surface area contributed by atoms with Crippen LogP contribution in [-0.2, 0) is 6.54 Å². The van der Waals surface area contributed by atoms with E-state index in [1.54, 1.807) is 13.2 Å². The lowest BCUT2D eigenvalue weighted by molar-refractivity contribution is 0.0950. The van der Waals surface area contributed by atoms with Crippen LogP contribution in [0.2, 0.25) is 5.02 Å². The SMILES string of the molecule is COc1cc(Cl)c(C)cc1Nc1ncc(C(=O)NCc2cccc(C)c2)cn1. The molecule has 0 atom stereocenters. The van der Waals surface area contributed by atoms with Gasteiger partial charge in [-0.2, -0.15) is 0 Å². The van der Waals surface area contributed by atoms with Crippen molar-refractivity contribution in [3.8, 4) is 5.75 Å². The zero-order valence-corrected chi connectivity index (χ0v) is 16.7. The van der Waals surface area contributed by atoms with Gasteiger partial charge in [0.15, 0.2) is 0 Å². The second-order valence-corrected chi connectivity index (χ2v) is 6.80. The fourth-order valence-electron chi connectivity index (χ4n) is 2.67. The molecule has 0 bridgehead atoms. The number of ether oxygens (including phenoxy) is 1. The number of halogens is 1. The van der Waals surface area contributed by atoms with Crippen LogP contribution in [0.25, 0.3) is 0 Å². The Bertz CT molecular complexity index is 990. The Kier molecular flexibility index (Phi) is 6.11. The van der Waals surface area contributed by atoms with Crippen molar-refractivity contribution >= 4 is 29.1 Å². The number of carbonyl (C=O) groups is 1. The third kappa shape index (κ3) is 4.78. The van der Waals surface area contributed by atoms with Crippen molar-refractivity contribution in [2.45, 2.75) is 20.4 Å². The van der Waals surface area contributed by atoms with Crippen molar-refractivity contribution in [2.75, 3.05) is 12.4 Å². The van der Waals surface area contributed by atoms with Crippen molar-refractivity contribution < 1.29 is 9.53 Å². The van der Waals surface area contributed by atoms with Crippen molar-refractivity contribution in [1.82, 2.24) is 15.3 Å². The highest BCUT2D eigenvalue weighted by atomic mass is 35.5. The number of hydrogen-bond donors (Lipinski definition) is 2. The van der Waals surface area contributed by atoms with Crippen LogP contribution in [-0.4, -0.2) is 23.0 Å². The summed E-state index contributed by atoms with van der Waals surface area (Å²) in [4.78, 5) is 20.7. The summed E-state index contributed by atoms with van der Waals surface area (Å²) < 4.78 is 5.33. The van der Waals surface area contributed by atoms with Gasteiger partial charge in [-0.15, -0.1) is 0 Å². The molecule has 0 fully saturated rings. The van der Waals surface area contributed by atoms with E-state index in [2.05, 4.69) is 20.6 Å². The van der Waals surface area contributed by atoms with Gasteiger partial charge in [-0.3, -0.25) is 4.79 Å². The molecule has 1 amide bonds. The molecule has 0 saturated carbocycles. The van der Waals surface area contributed by atoms with Crippen LogP contribution in [0.1, 0.15) is 27.0 Å². The van der Waals surface area contributed by atoms with Crippen LogP contribution >= 0.6 is 11.6 Å². The molecule has 0 aliphatic carbocycles. The zero-order chi connectivity index (χ0) is 20.1. The van der Waals surface area contributed by atoms with Gasteiger partial charge in [-0.1, -0.05) is 41.4 Å². The number of benzene rings is 2. The summed E-state index contributed by atoms with van der Waals surface area (Å²) in [7, 11) is 1.56. The standard InChI is InChI=1S/C21H21ClN4O2/c1-13-5-4-6-15(7-13)10-23-20(27)16-11-24-21(25-12-16)26-18-8-14(2)17(22)9-19(18)28-3/h4-9,11-12H,10H2,1-3H3,(H,23,27)(H,24,25,26). The first-order valence-electron chi connectivity index (χ1n) is 8.73. The third-order valence-corrected chi connectivity index (χ3v) is 4.58. The molecule has 7 heteroatoms. The number of nitrogens with one attached hydrogen (secondary N) is 2. The molecule has 2 aromatic carbocycles. The Hall–Kier alpha value is -3.12. The van der Waals surface area contributed by atoms with E-state index in [-0.39, 0.29) is 5.91 Å². The van der Waals surface area contributed by atoms with E-state index in [1.807, 2.05) is 44.2 Å². The minimum Gasteiger partial charge on any atom is -0.495 e. The van der Waals surface area contributed by atoms with E-state index in [1.165, 1.54) is 12.4 Å². The first-order valence-corrected chi connectivity index (χ1v) is 9.11. The van der Waals surface area contributed by atoms with E-state index >= 15 is 0 Å². The molecule has 3 rings (SSSR count). The van der Waals surface area contributed by atoms with E-state index in [0.29, 0.717) is 34.5 Å². The molecule has 6 nitrogen and oxygen atoms in total. The van der Waals surface area contributed by atoms with Crippen LogP contribution in [0.3, 0.4) is 0 Å². The van der Waals surface area contributed by atoms with Crippen LogP contribution in [0.15, 0.2) is 48.8 Å². The predicted octanol–water partition coefficient (Wildman–Crippen LogP) is 4.43. The number of carbonyl (C=O) groups excluding carboxylic acids is 1. The molecule has 0 aliphatic rings. The van der Waals surface area contributed by atoms with Crippen molar-refractivity contribution in [3.05, 3.63) is 76.1 Å². The Morgan fingerprint density at radius 1 is 1.14 bits per heavy atom. The molecule has 28 heavy (non-hydrogen) atoms. The molecule has 1 heterocycles. The van der Waals surface area contributed by atoms with Gasteiger partial charge in [0, 0.05) is 30.0 Å². The molecular formula is C21H21ClN4O2. The van der Waals surface area contributed by atoms with Gasteiger partial charge < -0.3 is 15.4 Å². The van der Waals surface area contributed by atoms with Gasteiger partial charge in [-0.05, 0) is 31.0 Å². The van der Waals surface area contributed by atoms with Gasteiger partial charge in [0.05, 0.1) is 18.4 Å². The summed E-state index contributed by atoms with van der Waals surface area (Å²) in [6.45, 7) is 4.36. The first kappa shape index (κ1) is 19.6. The average Bonchev–Trinajstić information content (AvgIpc) is 2.69. The van der Waals surface area contributed by atoms with Gasteiger partial charge in [0.25, 0.3) is 5.91 Å². The van der Waals surface area contributed by atoms with Gasteiger partial charge in [0.1, 0.15) is 5.75 Å². The average molecular weight is 397 g/mol. The summed E-state index contributed by atoms with van der Waals surface area (Å²) in [5.41, 5.74) is 4.17. The summed E-state index contributed by atoms with van der Waals surface area (Å²) in [6, 6.07) is 11.6. The van der Waals surface area contributed by atoms with Crippen molar-refractivity contribution in [1.29, 1.82) is 0 Å². The molecule has 0 spiro atoms. The minimum absolute atomic E-state index is 0.229. The Morgan fingerprint density at radius 2 is 1.89 bits per heavy atom. The van der Waals surface area contributed by atoms with Crippen LogP contribution in [0.4, 0.5) is 11.6 Å². The predicted molar refractivity (Wildman–Crippen MR) is 110 cm³/mol. The molecule has 0 aliphatic heterocycles. The zero-order valence-electron chi connectivity index (χ0n) is 15.9. The third-order valence-electron chi connectivity index (χ3n) is 4.18. The number of anilines is 2. The number of nitrogens with zero attached hydrogens (tertiary/aromatic N) is 2. The first-order chi connectivity index (χ1) is 13.5. The highest BCUT2D eigenvalue weighted by Crippen LogP contribution is 2.32. The van der Waals surface area contributed by atoms with E-state index in [0.717, 1.165) is 16.7 Å². The lowest BCUT2D eigenvalue weighted by atomic mass is 10.1. The summed E-state index contributed by atoms with van der Waals surface area (Å²) in [6.07, 6.45) is 2.96. The highest BCUT2D eigenvalue weighted by molar-refractivity contribution is 6.31. The number of aromatic nitrogens is 2. The molecule has 3 aromatic rings. The molecule has 0 unspecified atom stereocenters. The minimum atomic E-state index is -0.229. The molecular weight excluding hydrogens is 376 g/mol. The fraction of sp³-hybridized carbons (Fsp3) is 0.190. The summed E-state index contributed by atoms with van der Waals surface area (Å²) >= 11 is 6.12. The van der Waals surface area contributed by atoms with Crippen molar-refractivity contribution in [2.24, 2.45) is 0 Å². The van der Waals surface area contributed by atoms with Gasteiger partial charge >= 0.3 is 0 Å². The molecule has 1 aromatic heterocycles. The molecule has 2 N–H and O–H groups in total. The number of rotatable bonds is 6. The van der Waals surface area contributed by atoms with Crippen LogP contribution in [0.5, 0.6) is 5.75 Å². The fourth-order valence-corrected chi connectivity index (χ4v) is 2.82. The number of aryl methyl sites for hydroxylation is 2. The monoisotopic (exact) mass is 396 g/mol. The highest BCUT2D eigenvalue weighted by Gasteiger charge is 2.10. The topological polar surface area (TPSA) is 76.1 Å². The number of amides is 1. The summed E-state index contributed by atoms with van der Waals surface area (Å²) in [5.74, 6) is 0.711. The van der Waals surface area contributed by atoms with Gasteiger partial charge in [0.2, 0.25) is 5.95 Å². The Balaban J connectivity index is 1.66. The number of methoxy groups -OCH3 is 1. The van der Waals surface area contributed by atoms with Crippen molar-refractivity contribution in [3.63, 3.8) is 0 Å². The summed E-state index contributed by atoms with van der Waals surface area (Å²) in [5, 5.41) is 6.57. The second-order valence-electron chi connectivity index (χ2n) is 6.39. The van der Waals surface area contributed by atoms with Crippen LogP contribution < -0.4 is 15.4 Å². The second kappa shape index (κ2) is 8.71. The molecule has 144 valence electrons. The maximum absolute atomic E-state index is 12.3. The normalized spacial score (nSPS) is 10.4. The smallest absolute Gasteiger partial charge is 0.254 e. The van der Waals surface area contributed by atoms with E-state index < -0.39 is 0 Å². The maximum atomic E-state index is 12.3. The number of hydrogen-bond acceptors (Lipinski definition) is 5. The van der Waals surface area contributed by atoms with E-state index in [9.17, 15) is 4.79 Å². The Labute approximate surface area is 168 Å². The molecule has 0 saturated heterocycles. The van der Waals surface area contributed by atoms with E-state index in [4.69, 9.17) is 16.3 Å². The maximum Gasteiger partial charge on any atom is 0.254 e. The quantitative estimate of drug-likeness (QED) is 0.644. The molecule has 0 radical (unpaired) electrons. The van der Waals surface area contributed by atoms with Gasteiger partial charge in [-0.25, -0.2) is 9.97 Å².